The van der Waals surface area contributed by atoms with Gasteiger partial charge in [-0.3, -0.25) is 10.1 Å². The van der Waals surface area contributed by atoms with E-state index in [1.165, 1.54) is 4.70 Å². The standard InChI is InChI=1S/C20H22N4O2S2/c1-2-26-15-9-7-13(8-10-15)21-19-22-14(11-18(25)24-19)12-27-20-23-16-5-3-4-6-17(16)28-20/h3-10,14,19,21-22H,2,11-12H2,1H3,(H,24,25). The van der Waals surface area contributed by atoms with Crippen LogP contribution in [-0.2, 0) is 4.79 Å². The van der Waals surface area contributed by atoms with Crippen LogP contribution in [0.4, 0.5) is 5.69 Å². The highest BCUT2D eigenvalue weighted by atomic mass is 32.2. The van der Waals surface area contributed by atoms with E-state index in [4.69, 9.17) is 4.74 Å². The van der Waals surface area contributed by atoms with Gasteiger partial charge in [0.2, 0.25) is 5.91 Å². The number of thioether (sulfide) groups is 1. The second kappa shape index (κ2) is 8.81. The van der Waals surface area contributed by atoms with Gasteiger partial charge >= 0.3 is 0 Å². The summed E-state index contributed by atoms with van der Waals surface area (Å²) in [4.78, 5) is 16.8. The molecule has 0 bridgehead atoms. The monoisotopic (exact) mass is 414 g/mol. The van der Waals surface area contributed by atoms with Crippen LogP contribution in [0.3, 0.4) is 0 Å². The lowest BCUT2D eigenvalue weighted by molar-refractivity contribution is -0.123. The van der Waals surface area contributed by atoms with Gasteiger partial charge in [-0.15, -0.1) is 11.3 Å². The summed E-state index contributed by atoms with van der Waals surface area (Å²) in [5, 5.41) is 9.71. The summed E-state index contributed by atoms with van der Waals surface area (Å²) < 4.78 is 7.68. The van der Waals surface area contributed by atoms with Gasteiger partial charge in [-0.1, -0.05) is 23.9 Å². The third-order valence-corrected chi connectivity index (χ3v) is 6.64. The normalized spacial score (nSPS) is 19.4. The number of carbonyl (C=O) groups excluding carboxylic acids is 1. The van der Waals surface area contributed by atoms with Crippen molar-refractivity contribution >= 4 is 44.9 Å². The molecule has 0 saturated carbocycles. The summed E-state index contributed by atoms with van der Waals surface area (Å²) in [6.07, 6.45) is 0.152. The molecule has 1 aromatic heterocycles. The van der Waals surface area contributed by atoms with E-state index in [2.05, 4.69) is 27.0 Å². The highest BCUT2D eigenvalue weighted by Gasteiger charge is 2.26. The van der Waals surface area contributed by atoms with Crippen LogP contribution in [-0.4, -0.2) is 35.6 Å². The highest BCUT2D eigenvalue weighted by molar-refractivity contribution is 8.01. The minimum absolute atomic E-state index is 0.0390. The van der Waals surface area contributed by atoms with Crippen molar-refractivity contribution in [2.24, 2.45) is 0 Å². The van der Waals surface area contributed by atoms with Crippen LogP contribution in [0.1, 0.15) is 13.3 Å². The second-order valence-corrected chi connectivity index (χ2v) is 8.73. The van der Waals surface area contributed by atoms with E-state index in [1.54, 1.807) is 23.1 Å². The first kappa shape index (κ1) is 19.0. The fourth-order valence-electron chi connectivity index (χ4n) is 3.03. The number of benzene rings is 2. The summed E-state index contributed by atoms with van der Waals surface area (Å²) in [5.74, 6) is 1.66. The van der Waals surface area contributed by atoms with E-state index < -0.39 is 0 Å². The largest absolute Gasteiger partial charge is 0.494 e. The maximum atomic E-state index is 12.1. The zero-order valence-corrected chi connectivity index (χ0v) is 17.1. The number of hydrogen-bond acceptors (Lipinski definition) is 7. The Morgan fingerprint density at radius 2 is 2.07 bits per heavy atom. The molecule has 2 unspecified atom stereocenters. The quantitative estimate of drug-likeness (QED) is 0.512. The molecule has 4 rings (SSSR count). The van der Waals surface area contributed by atoms with E-state index in [0.29, 0.717) is 13.0 Å². The van der Waals surface area contributed by atoms with Crippen molar-refractivity contribution in [3.05, 3.63) is 48.5 Å². The zero-order chi connectivity index (χ0) is 19.3. The summed E-state index contributed by atoms with van der Waals surface area (Å²) in [7, 11) is 0. The number of para-hydroxylation sites is 1. The number of fused-ring (bicyclic) bond motifs is 1. The third-order valence-electron chi connectivity index (χ3n) is 4.30. The lowest BCUT2D eigenvalue weighted by Crippen LogP contribution is -2.60. The second-order valence-electron chi connectivity index (χ2n) is 6.43. The number of nitrogens with one attached hydrogen (secondary N) is 3. The first-order valence-corrected chi connectivity index (χ1v) is 11.0. The van der Waals surface area contributed by atoms with E-state index >= 15 is 0 Å². The SMILES string of the molecule is CCOc1ccc(NC2NC(=O)CC(CSc3nc4ccccc4s3)N2)cc1. The number of anilines is 1. The predicted molar refractivity (Wildman–Crippen MR) is 115 cm³/mol. The molecule has 6 nitrogen and oxygen atoms in total. The van der Waals surface area contributed by atoms with E-state index in [9.17, 15) is 4.79 Å². The maximum absolute atomic E-state index is 12.1. The van der Waals surface area contributed by atoms with Crippen LogP contribution < -0.4 is 20.7 Å². The van der Waals surface area contributed by atoms with Crippen molar-refractivity contribution in [2.75, 3.05) is 17.7 Å². The number of thiazole rings is 1. The predicted octanol–water partition coefficient (Wildman–Crippen LogP) is 3.66. The van der Waals surface area contributed by atoms with Gasteiger partial charge in [0.05, 0.1) is 16.8 Å². The Bertz CT molecular complexity index is 912. The molecule has 1 fully saturated rings. The summed E-state index contributed by atoms with van der Waals surface area (Å²) in [5.41, 5.74) is 1.94. The fraction of sp³-hybridized carbons (Fsp3) is 0.300. The van der Waals surface area contributed by atoms with E-state index in [0.717, 1.165) is 27.0 Å². The van der Waals surface area contributed by atoms with Gasteiger partial charge in [0, 0.05) is 23.9 Å². The Kier molecular flexibility index (Phi) is 5.99. The summed E-state index contributed by atoms with van der Waals surface area (Å²) in [6, 6.07) is 15.9. The zero-order valence-electron chi connectivity index (χ0n) is 15.5. The molecule has 1 aliphatic rings. The topological polar surface area (TPSA) is 75.3 Å². The first-order valence-electron chi connectivity index (χ1n) is 9.23. The molecule has 1 aliphatic heterocycles. The third kappa shape index (κ3) is 4.76. The number of amides is 1. The van der Waals surface area contributed by atoms with Crippen molar-refractivity contribution in [3.63, 3.8) is 0 Å². The molecule has 2 aromatic carbocycles. The van der Waals surface area contributed by atoms with Gasteiger partial charge in [0.15, 0.2) is 10.6 Å². The number of hydrogen-bond donors (Lipinski definition) is 3. The minimum atomic E-state index is -0.305. The molecule has 8 heteroatoms. The Balaban J connectivity index is 1.34. The number of rotatable bonds is 7. The Hall–Kier alpha value is -2.29. The maximum Gasteiger partial charge on any atom is 0.224 e. The van der Waals surface area contributed by atoms with Crippen LogP contribution in [0.25, 0.3) is 10.2 Å². The minimum Gasteiger partial charge on any atom is -0.494 e. The molecule has 28 heavy (non-hydrogen) atoms. The summed E-state index contributed by atoms with van der Waals surface area (Å²) in [6.45, 7) is 2.60. The van der Waals surface area contributed by atoms with Gasteiger partial charge in [-0.2, -0.15) is 0 Å². The van der Waals surface area contributed by atoms with Crippen LogP contribution in [0.2, 0.25) is 0 Å². The smallest absolute Gasteiger partial charge is 0.224 e. The molecular weight excluding hydrogens is 392 g/mol. The van der Waals surface area contributed by atoms with Crippen molar-refractivity contribution in [1.82, 2.24) is 15.6 Å². The van der Waals surface area contributed by atoms with Gasteiger partial charge in [-0.25, -0.2) is 4.98 Å². The Labute approximate surface area is 172 Å². The lowest BCUT2D eigenvalue weighted by atomic mass is 10.2. The fourth-order valence-corrected chi connectivity index (χ4v) is 5.16. The molecule has 3 N–H and O–H groups in total. The number of aromatic nitrogens is 1. The van der Waals surface area contributed by atoms with Crippen molar-refractivity contribution in [3.8, 4) is 5.75 Å². The van der Waals surface area contributed by atoms with Crippen molar-refractivity contribution < 1.29 is 9.53 Å². The van der Waals surface area contributed by atoms with Crippen molar-refractivity contribution in [1.29, 1.82) is 0 Å². The first-order chi connectivity index (χ1) is 13.7. The number of ether oxygens (including phenoxy) is 1. The molecule has 0 radical (unpaired) electrons. The van der Waals surface area contributed by atoms with Crippen LogP contribution in [0.15, 0.2) is 52.9 Å². The Morgan fingerprint density at radius 1 is 1.25 bits per heavy atom. The van der Waals surface area contributed by atoms with Gasteiger partial charge in [0.1, 0.15) is 5.75 Å². The highest BCUT2D eigenvalue weighted by Crippen LogP contribution is 2.30. The molecule has 0 spiro atoms. The molecule has 2 atom stereocenters. The molecule has 2 heterocycles. The average Bonchev–Trinajstić information content (AvgIpc) is 3.11. The molecule has 3 aromatic rings. The van der Waals surface area contributed by atoms with E-state index in [-0.39, 0.29) is 18.2 Å². The van der Waals surface area contributed by atoms with Crippen molar-refractivity contribution in [2.45, 2.75) is 30.0 Å². The van der Waals surface area contributed by atoms with Gasteiger partial charge in [-0.05, 0) is 43.3 Å². The van der Waals surface area contributed by atoms with Crippen LogP contribution >= 0.6 is 23.1 Å². The summed E-state index contributed by atoms with van der Waals surface area (Å²) >= 11 is 3.38. The number of nitrogens with zero attached hydrogens (tertiary/aromatic N) is 1. The molecular formula is C20H22N4O2S2. The lowest BCUT2D eigenvalue weighted by Gasteiger charge is -2.32. The molecule has 146 valence electrons. The molecule has 1 amide bonds. The van der Waals surface area contributed by atoms with E-state index in [1.807, 2.05) is 49.4 Å². The average molecular weight is 415 g/mol. The van der Waals surface area contributed by atoms with Crippen LogP contribution in [0, 0.1) is 0 Å². The van der Waals surface area contributed by atoms with Gasteiger partial charge < -0.3 is 15.4 Å². The number of carbonyl (C=O) groups is 1. The molecule has 1 saturated heterocycles. The van der Waals surface area contributed by atoms with Gasteiger partial charge in [0.25, 0.3) is 0 Å². The Morgan fingerprint density at radius 3 is 2.86 bits per heavy atom. The molecule has 0 aliphatic carbocycles. The van der Waals surface area contributed by atoms with Crippen LogP contribution in [0.5, 0.6) is 5.75 Å².